The summed E-state index contributed by atoms with van der Waals surface area (Å²) in [7, 11) is 0. The molecule has 0 saturated carbocycles. The SMILES string of the molecule is CCNCc1ccc(N2CCc3sccc3C2C)cc1C. The molecule has 0 amide bonds. The Bertz CT molecular complexity index is 617. The van der Waals surface area contributed by atoms with Gasteiger partial charge in [-0.3, -0.25) is 0 Å². The highest BCUT2D eigenvalue weighted by atomic mass is 32.1. The van der Waals surface area contributed by atoms with Gasteiger partial charge in [-0.2, -0.15) is 0 Å². The van der Waals surface area contributed by atoms with E-state index in [9.17, 15) is 0 Å². The van der Waals surface area contributed by atoms with Crippen LogP contribution in [0.2, 0.25) is 0 Å². The smallest absolute Gasteiger partial charge is 0.0525 e. The Labute approximate surface area is 131 Å². The molecule has 2 heterocycles. The second-order valence-electron chi connectivity index (χ2n) is 5.81. The van der Waals surface area contributed by atoms with E-state index in [-0.39, 0.29) is 0 Å². The van der Waals surface area contributed by atoms with Gasteiger partial charge >= 0.3 is 0 Å². The van der Waals surface area contributed by atoms with Gasteiger partial charge < -0.3 is 10.2 Å². The van der Waals surface area contributed by atoms with E-state index in [1.54, 1.807) is 4.88 Å². The van der Waals surface area contributed by atoms with Crippen molar-refractivity contribution >= 4 is 17.0 Å². The zero-order chi connectivity index (χ0) is 14.8. The van der Waals surface area contributed by atoms with Crippen molar-refractivity contribution in [3.8, 4) is 0 Å². The molecular formula is C18H24N2S. The fraction of sp³-hybridized carbons (Fsp3) is 0.444. The molecule has 0 bridgehead atoms. The average molecular weight is 300 g/mol. The minimum atomic E-state index is 0.485. The van der Waals surface area contributed by atoms with E-state index in [0.717, 1.165) is 19.6 Å². The number of hydrogen-bond acceptors (Lipinski definition) is 3. The molecule has 2 nitrogen and oxygen atoms in total. The Morgan fingerprint density at radius 3 is 2.95 bits per heavy atom. The fourth-order valence-electron chi connectivity index (χ4n) is 3.18. The molecular weight excluding hydrogens is 276 g/mol. The molecule has 1 N–H and O–H groups in total. The summed E-state index contributed by atoms with van der Waals surface area (Å²) in [6.45, 7) is 9.81. The summed E-state index contributed by atoms with van der Waals surface area (Å²) in [5.74, 6) is 0. The number of nitrogens with zero attached hydrogens (tertiary/aromatic N) is 1. The monoisotopic (exact) mass is 300 g/mol. The lowest BCUT2D eigenvalue weighted by molar-refractivity contribution is 0.632. The quantitative estimate of drug-likeness (QED) is 0.906. The standard InChI is InChI=1S/C18H24N2S/c1-4-19-12-15-5-6-16(11-13(15)2)20-9-7-18-17(14(20)3)8-10-21-18/h5-6,8,10-11,14,19H,4,7,9,12H2,1-3H3. The van der Waals surface area contributed by atoms with Crippen LogP contribution in [0, 0.1) is 6.92 Å². The van der Waals surface area contributed by atoms with Crippen LogP contribution in [-0.4, -0.2) is 13.1 Å². The lowest BCUT2D eigenvalue weighted by Gasteiger charge is -2.36. The molecule has 1 atom stereocenters. The van der Waals surface area contributed by atoms with Gasteiger partial charge in [-0.15, -0.1) is 11.3 Å². The van der Waals surface area contributed by atoms with Gasteiger partial charge in [0.25, 0.3) is 0 Å². The number of rotatable bonds is 4. The van der Waals surface area contributed by atoms with Crippen molar-refractivity contribution in [3.63, 3.8) is 0 Å². The van der Waals surface area contributed by atoms with Crippen LogP contribution in [0.3, 0.4) is 0 Å². The fourth-order valence-corrected chi connectivity index (χ4v) is 4.14. The number of fused-ring (bicyclic) bond motifs is 1. The zero-order valence-electron chi connectivity index (χ0n) is 13.1. The number of nitrogens with one attached hydrogen (secondary N) is 1. The van der Waals surface area contributed by atoms with E-state index in [4.69, 9.17) is 0 Å². The zero-order valence-corrected chi connectivity index (χ0v) is 14.0. The van der Waals surface area contributed by atoms with E-state index >= 15 is 0 Å². The van der Waals surface area contributed by atoms with Crippen molar-refractivity contribution < 1.29 is 0 Å². The molecule has 0 saturated heterocycles. The van der Waals surface area contributed by atoms with E-state index in [2.05, 4.69) is 60.6 Å². The predicted octanol–water partition coefficient (Wildman–Crippen LogP) is 4.29. The first-order valence-electron chi connectivity index (χ1n) is 7.84. The van der Waals surface area contributed by atoms with Gasteiger partial charge in [0.15, 0.2) is 0 Å². The molecule has 1 aromatic carbocycles. The van der Waals surface area contributed by atoms with Crippen LogP contribution in [0.1, 0.15) is 41.5 Å². The van der Waals surface area contributed by atoms with Crippen LogP contribution in [-0.2, 0) is 13.0 Å². The van der Waals surface area contributed by atoms with Gasteiger partial charge in [0.05, 0.1) is 6.04 Å². The largest absolute Gasteiger partial charge is 0.364 e. The maximum Gasteiger partial charge on any atom is 0.0525 e. The Hall–Kier alpha value is -1.32. The predicted molar refractivity (Wildman–Crippen MR) is 92.3 cm³/mol. The van der Waals surface area contributed by atoms with Gasteiger partial charge in [0.2, 0.25) is 0 Å². The van der Waals surface area contributed by atoms with Crippen LogP contribution in [0.25, 0.3) is 0 Å². The molecule has 0 radical (unpaired) electrons. The van der Waals surface area contributed by atoms with E-state index in [1.165, 1.54) is 28.8 Å². The van der Waals surface area contributed by atoms with Crippen LogP contribution in [0.4, 0.5) is 5.69 Å². The Morgan fingerprint density at radius 2 is 2.19 bits per heavy atom. The van der Waals surface area contributed by atoms with E-state index < -0.39 is 0 Å². The van der Waals surface area contributed by atoms with Crippen molar-refractivity contribution in [2.75, 3.05) is 18.0 Å². The van der Waals surface area contributed by atoms with Crippen molar-refractivity contribution in [2.24, 2.45) is 0 Å². The second-order valence-corrected chi connectivity index (χ2v) is 6.81. The van der Waals surface area contributed by atoms with Crippen molar-refractivity contribution in [1.29, 1.82) is 0 Å². The molecule has 1 unspecified atom stereocenters. The van der Waals surface area contributed by atoms with Gasteiger partial charge in [-0.25, -0.2) is 0 Å². The molecule has 2 aromatic rings. The van der Waals surface area contributed by atoms with Gasteiger partial charge in [0.1, 0.15) is 0 Å². The normalized spacial score (nSPS) is 17.9. The summed E-state index contributed by atoms with van der Waals surface area (Å²) in [5, 5.41) is 5.64. The molecule has 0 spiro atoms. The maximum atomic E-state index is 3.41. The van der Waals surface area contributed by atoms with Crippen LogP contribution < -0.4 is 10.2 Å². The third kappa shape index (κ3) is 2.85. The average Bonchev–Trinajstić information content (AvgIpc) is 2.96. The number of benzene rings is 1. The highest BCUT2D eigenvalue weighted by Crippen LogP contribution is 2.36. The van der Waals surface area contributed by atoms with E-state index in [1.807, 2.05) is 11.3 Å². The Kier molecular flexibility index (Phi) is 4.32. The van der Waals surface area contributed by atoms with Crippen LogP contribution in [0.15, 0.2) is 29.6 Å². The van der Waals surface area contributed by atoms with Crippen molar-refractivity contribution in [3.05, 3.63) is 51.2 Å². The molecule has 21 heavy (non-hydrogen) atoms. The Balaban J connectivity index is 1.83. The summed E-state index contributed by atoms with van der Waals surface area (Å²) >= 11 is 1.91. The highest BCUT2D eigenvalue weighted by Gasteiger charge is 2.24. The van der Waals surface area contributed by atoms with Gasteiger partial charge in [0, 0.05) is 23.7 Å². The highest BCUT2D eigenvalue weighted by molar-refractivity contribution is 7.10. The first kappa shape index (κ1) is 14.6. The molecule has 1 aliphatic rings. The number of thiophene rings is 1. The Morgan fingerprint density at radius 1 is 1.33 bits per heavy atom. The maximum absolute atomic E-state index is 3.41. The van der Waals surface area contributed by atoms with Crippen molar-refractivity contribution in [2.45, 2.75) is 39.8 Å². The summed E-state index contributed by atoms with van der Waals surface area (Å²) in [6.07, 6.45) is 1.18. The number of hydrogen-bond donors (Lipinski definition) is 1. The van der Waals surface area contributed by atoms with Gasteiger partial charge in [-0.1, -0.05) is 13.0 Å². The summed E-state index contributed by atoms with van der Waals surface area (Å²) < 4.78 is 0. The summed E-state index contributed by atoms with van der Waals surface area (Å²) in [5.41, 5.74) is 5.66. The van der Waals surface area contributed by atoms with E-state index in [0.29, 0.717) is 6.04 Å². The molecule has 112 valence electrons. The van der Waals surface area contributed by atoms with Gasteiger partial charge in [-0.05, 0) is 67.1 Å². The molecule has 0 fully saturated rings. The molecule has 0 aliphatic carbocycles. The first-order chi connectivity index (χ1) is 10.2. The second kappa shape index (κ2) is 6.20. The third-order valence-electron chi connectivity index (χ3n) is 4.50. The topological polar surface area (TPSA) is 15.3 Å². The molecule has 3 heteroatoms. The number of anilines is 1. The summed E-state index contributed by atoms with van der Waals surface area (Å²) in [6, 6.07) is 9.69. The van der Waals surface area contributed by atoms with Crippen LogP contribution >= 0.6 is 11.3 Å². The lowest BCUT2D eigenvalue weighted by atomic mass is 9.99. The minimum absolute atomic E-state index is 0.485. The minimum Gasteiger partial charge on any atom is -0.364 e. The lowest BCUT2D eigenvalue weighted by Crippen LogP contribution is -2.33. The third-order valence-corrected chi connectivity index (χ3v) is 5.50. The molecule has 1 aliphatic heterocycles. The molecule has 1 aromatic heterocycles. The summed E-state index contributed by atoms with van der Waals surface area (Å²) in [4.78, 5) is 4.11. The molecule has 3 rings (SSSR count). The number of aryl methyl sites for hydroxylation is 1. The van der Waals surface area contributed by atoms with Crippen molar-refractivity contribution in [1.82, 2.24) is 5.32 Å². The first-order valence-corrected chi connectivity index (χ1v) is 8.71. The van der Waals surface area contributed by atoms with Crippen LogP contribution in [0.5, 0.6) is 0 Å².